The fraction of sp³-hybridized carbons (Fsp3) is 0.143. The molecule has 0 radical (unpaired) electrons. The van der Waals surface area contributed by atoms with Crippen LogP contribution in [0.1, 0.15) is 18.4 Å². The third-order valence-electron chi connectivity index (χ3n) is 2.66. The molecule has 0 saturated heterocycles. The Hall–Kier alpha value is -2.54. The lowest BCUT2D eigenvalue weighted by atomic mass is 10.0. The van der Waals surface area contributed by atoms with E-state index in [1.807, 2.05) is 30.3 Å². The molecule has 4 nitrogen and oxygen atoms in total. The molecule has 1 aromatic rings. The van der Waals surface area contributed by atoms with Crippen molar-refractivity contribution in [2.24, 2.45) is 5.73 Å². The van der Waals surface area contributed by atoms with Crippen LogP contribution in [-0.2, 0) is 0 Å². The van der Waals surface area contributed by atoms with Crippen LogP contribution >= 0.6 is 0 Å². The minimum absolute atomic E-state index is 0.0291. The van der Waals surface area contributed by atoms with Crippen molar-refractivity contribution < 1.29 is 4.92 Å². The predicted molar refractivity (Wildman–Crippen MR) is 68.8 cm³/mol. The number of rotatable bonds is 1. The summed E-state index contributed by atoms with van der Waals surface area (Å²) in [5, 5.41) is 10.8. The molecule has 0 unspecified atom stereocenters. The van der Waals surface area contributed by atoms with Gasteiger partial charge in [0.05, 0.1) is 4.92 Å². The lowest BCUT2D eigenvalue weighted by molar-refractivity contribution is -0.421. The zero-order chi connectivity index (χ0) is 13.0. The lowest BCUT2D eigenvalue weighted by Crippen LogP contribution is -2.14. The zero-order valence-corrected chi connectivity index (χ0v) is 9.72. The Morgan fingerprint density at radius 1 is 1.22 bits per heavy atom. The maximum Gasteiger partial charge on any atom is 0.289 e. The number of allylic oxidation sites excluding steroid dienone is 2. The highest BCUT2D eigenvalue weighted by molar-refractivity contribution is 5.46. The summed E-state index contributed by atoms with van der Waals surface area (Å²) in [4.78, 5) is 10.3. The summed E-state index contributed by atoms with van der Waals surface area (Å²) in [5.41, 5.74) is 7.43. The van der Waals surface area contributed by atoms with E-state index in [0.29, 0.717) is 18.4 Å². The summed E-state index contributed by atoms with van der Waals surface area (Å²) < 4.78 is 0. The molecule has 2 N–H and O–H groups in total. The smallest absolute Gasteiger partial charge is 0.289 e. The van der Waals surface area contributed by atoms with Crippen LogP contribution in [0.15, 0.2) is 53.4 Å². The van der Waals surface area contributed by atoms with Crippen LogP contribution in [-0.4, -0.2) is 4.92 Å². The first-order chi connectivity index (χ1) is 8.68. The third-order valence-corrected chi connectivity index (χ3v) is 2.66. The van der Waals surface area contributed by atoms with Crippen LogP contribution in [0.2, 0.25) is 0 Å². The Morgan fingerprint density at radius 3 is 2.61 bits per heavy atom. The summed E-state index contributed by atoms with van der Waals surface area (Å²) in [6.07, 6.45) is 2.81. The van der Waals surface area contributed by atoms with E-state index in [-0.39, 0.29) is 11.4 Å². The van der Waals surface area contributed by atoms with Gasteiger partial charge in [-0.15, -0.1) is 0 Å². The number of benzene rings is 1. The second-order valence-electron chi connectivity index (χ2n) is 3.89. The fourth-order valence-electron chi connectivity index (χ4n) is 1.72. The van der Waals surface area contributed by atoms with Crippen molar-refractivity contribution in [3.8, 4) is 11.8 Å². The van der Waals surface area contributed by atoms with E-state index in [9.17, 15) is 10.1 Å². The summed E-state index contributed by atoms with van der Waals surface area (Å²) in [5.74, 6) is 5.90. The predicted octanol–water partition coefficient (Wildman–Crippen LogP) is 2.21. The van der Waals surface area contributed by atoms with Crippen molar-refractivity contribution >= 4 is 0 Å². The molecule has 0 heterocycles. The SMILES string of the molecule is NC1=C(C#Cc2ccccc2)CCC=C1[N+](=O)[O-]. The minimum atomic E-state index is -0.460. The van der Waals surface area contributed by atoms with E-state index >= 15 is 0 Å². The number of nitrogens with zero attached hydrogens (tertiary/aromatic N) is 1. The van der Waals surface area contributed by atoms with Crippen LogP contribution in [0.5, 0.6) is 0 Å². The maximum absolute atomic E-state index is 10.8. The zero-order valence-electron chi connectivity index (χ0n) is 9.72. The van der Waals surface area contributed by atoms with Gasteiger partial charge in [-0.2, -0.15) is 0 Å². The van der Waals surface area contributed by atoms with Crippen LogP contribution in [0.4, 0.5) is 0 Å². The van der Waals surface area contributed by atoms with Crippen LogP contribution in [0.3, 0.4) is 0 Å². The number of nitrogens with two attached hydrogens (primary N) is 1. The van der Waals surface area contributed by atoms with Crippen molar-refractivity contribution in [1.29, 1.82) is 0 Å². The van der Waals surface area contributed by atoms with Gasteiger partial charge in [0.15, 0.2) is 0 Å². The van der Waals surface area contributed by atoms with Gasteiger partial charge in [0.25, 0.3) is 5.70 Å². The summed E-state index contributed by atoms with van der Waals surface area (Å²) in [6.45, 7) is 0. The largest absolute Gasteiger partial charge is 0.392 e. The lowest BCUT2D eigenvalue weighted by Gasteiger charge is -2.08. The Balaban J connectivity index is 2.30. The Kier molecular flexibility index (Phi) is 3.44. The van der Waals surface area contributed by atoms with Gasteiger partial charge in [-0.3, -0.25) is 10.1 Å². The van der Waals surface area contributed by atoms with Gasteiger partial charge >= 0.3 is 0 Å². The fourth-order valence-corrected chi connectivity index (χ4v) is 1.72. The van der Waals surface area contributed by atoms with Crippen molar-refractivity contribution in [1.82, 2.24) is 0 Å². The first kappa shape index (κ1) is 11.9. The van der Waals surface area contributed by atoms with Gasteiger partial charge in [-0.05, 0) is 31.1 Å². The molecule has 0 spiro atoms. The number of nitro groups is 1. The Bertz CT molecular complexity index is 589. The highest BCUT2D eigenvalue weighted by Gasteiger charge is 2.21. The molecule has 4 heteroatoms. The highest BCUT2D eigenvalue weighted by Crippen LogP contribution is 2.21. The van der Waals surface area contributed by atoms with E-state index in [0.717, 1.165) is 5.56 Å². The molecule has 1 aliphatic carbocycles. The van der Waals surface area contributed by atoms with Crippen LogP contribution < -0.4 is 5.73 Å². The molecule has 2 rings (SSSR count). The standard InChI is InChI=1S/C14H12N2O2/c15-14-12(7-4-8-13(14)16(17)18)10-9-11-5-2-1-3-6-11/h1-3,5-6,8H,4,7,15H2. The normalized spacial score (nSPS) is 14.6. The molecule has 0 bridgehead atoms. The van der Waals surface area contributed by atoms with E-state index in [2.05, 4.69) is 11.8 Å². The molecule has 0 saturated carbocycles. The van der Waals surface area contributed by atoms with Gasteiger partial charge < -0.3 is 5.73 Å². The molecule has 0 aliphatic heterocycles. The van der Waals surface area contributed by atoms with Crippen molar-refractivity contribution in [2.75, 3.05) is 0 Å². The molecule has 0 fully saturated rings. The molecule has 0 amide bonds. The molecule has 90 valence electrons. The van der Waals surface area contributed by atoms with Crippen molar-refractivity contribution in [3.05, 3.63) is 69.1 Å². The van der Waals surface area contributed by atoms with E-state index in [1.54, 1.807) is 6.08 Å². The molecule has 18 heavy (non-hydrogen) atoms. The minimum Gasteiger partial charge on any atom is -0.392 e. The molecule has 1 aliphatic rings. The number of hydrogen-bond donors (Lipinski definition) is 1. The van der Waals surface area contributed by atoms with Gasteiger partial charge in [-0.1, -0.05) is 30.0 Å². The Morgan fingerprint density at radius 2 is 1.94 bits per heavy atom. The second kappa shape index (κ2) is 5.19. The third kappa shape index (κ3) is 2.58. The first-order valence-corrected chi connectivity index (χ1v) is 5.59. The second-order valence-corrected chi connectivity index (χ2v) is 3.89. The Labute approximate surface area is 105 Å². The molecule has 0 aromatic heterocycles. The topological polar surface area (TPSA) is 69.2 Å². The van der Waals surface area contributed by atoms with Gasteiger partial charge in [-0.25, -0.2) is 0 Å². The van der Waals surface area contributed by atoms with Crippen molar-refractivity contribution in [2.45, 2.75) is 12.8 Å². The maximum atomic E-state index is 10.8. The highest BCUT2D eigenvalue weighted by atomic mass is 16.6. The summed E-state index contributed by atoms with van der Waals surface area (Å²) in [7, 11) is 0. The molecular weight excluding hydrogens is 228 g/mol. The first-order valence-electron chi connectivity index (χ1n) is 5.59. The van der Waals surface area contributed by atoms with Crippen LogP contribution in [0.25, 0.3) is 0 Å². The van der Waals surface area contributed by atoms with Gasteiger partial charge in [0, 0.05) is 11.1 Å². The summed E-state index contributed by atoms with van der Waals surface area (Å²) >= 11 is 0. The van der Waals surface area contributed by atoms with E-state index in [1.165, 1.54) is 0 Å². The monoisotopic (exact) mass is 240 g/mol. The van der Waals surface area contributed by atoms with Crippen LogP contribution in [0, 0.1) is 22.0 Å². The van der Waals surface area contributed by atoms with Gasteiger partial charge in [0.1, 0.15) is 5.70 Å². The quantitative estimate of drug-likeness (QED) is 0.465. The molecule has 1 aromatic carbocycles. The average Bonchev–Trinajstić information content (AvgIpc) is 2.38. The van der Waals surface area contributed by atoms with E-state index < -0.39 is 4.92 Å². The van der Waals surface area contributed by atoms with E-state index in [4.69, 9.17) is 5.73 Å². The van der Waals surface area contributed by atoms with Crippen molar-refractivity contribution in [3.63, 3.8) is 0 Å². The van der Waals surface area contributed by atoms with Gasteiger partial charge in [0.2, 0.25) is 0 Å². The average molecular weight is 240 g/mol. The molecular formula is C14H12N2O2. The number of hydrogen-bond acceptors (Lipinski definition) is 3. The molecule has 0 atom stereocenters. The summed E-state index contributed by atoms with van der Waals surface area (Å²) in [6, 6.07) is 9.47.